The Morgan fingerprint density at radius 3 is 3.11 bits per heavy atom. The van der Waals surface area contributed by atoms with E-state index in [0.717, 1.165) is 11.4 Å². The lowest BCUT2D eigenvalue weighted by Gasteiger charge is -2.39. The van der Waals surface area contributed by atoms with Crippen molar-refractivity contribution < 1.29 is 4.74 Å². The molecule has 2 heterocycles. The van der Waals surface area contributed by atoms with Crippen LogP contribution >= 0.6 is 11.8 Å². The van der Waals surface area contributed by atoms with Gasteiger partial charge in [0.15, 0.2) is 0 Å². The minimum Gasteiger partial charge on any atom is -0.476 e. The first kappa shape index (κ1) is 13.5. The summed E-state index contributed by atoms with van der Waals surface area (Å²) in [5, 5.41) is 3.62. The molecule has 1 N–H and O–H groups in total. The summed E-state index contributed by atoms with van der Waals surface area (Å²) in [6.45, 7) is 7.30. The molecule has 0 spiro atoms. The van der Waals surface area contributed by atoms with E-state index in [9.17, 15) is 0 Å². The van der Waals surface area contributed by atoms with Crippen molar-refractivity contribution in [3.63, 3.8) is 0 Å². The van der Waals surface area contributed by atoms with Crippen molar-refractivity contribution in [1.82, 2.24) is 4.98 Å². The van der Waals surface area contributed by atoms with Gasteiger partial charge < -0.3 is 10.1 Å². The Labute approximate surface area is 114 Å². The molecular formula is C14H22N2OS. The van der Waals surface area contributed by atoms with Crippen LogP contribution in [0.3, 0.4) is 0 Å². The number of hydrogen-bond donors (Lipinski definition) is 1. The lowest BCUT2D eigenvalue weighted by molar-refractivity contribution is 0.301. The molecule has 0 bridgehead atoms. The Bertz CT molecular complexity index is 395. The van der Waals surface area contributed by atoms with Crippen molar-refractivity contribution in [3.05, 3.63) is 18.3 Å². The van der Waals surface area contributed by atoms with Gasteiger partial charge in [-0.25, -0.2) is 4.98 Å². The maximum atomic E-state index is 5.57. The number of pyridine rings is 1. The molecule has 2 rings (SSSR count). The molecule has 0 amide bonds. The fourth-order valence-electron chi connectivity index (χ4n) is 2.11. The van der Waals surface area contributed by atoms with Crippen LogP contribution in [0.25, 0.3) is 0 Å². The molecule has 100 valence electrons. The van der Waals surface area contributed by atoms with E-state index >= 15 is 0 Å². The van der Waals surface area contributed by atoms with Gasteiger partial charge in [-0.05, 0) is 36.6 Å². The molecule has 3 nitrogen and oxygen atoms in total. The summed E-state index contributed by atoms with van der Waals surface area (Å²) in [5.41, 5.74) is 1.34. The molecule has 1 aromatic rings. The summed E-state index contributed by atoms with van der Waals surface area (Å²) in [5.74, 6) is 3.12. The largest absolute Gasteiger partial charge is 0.476 e. The second-order valence-electron chi connectivity index (χ2n) is 5.30. The van der Waals surface area contributed by atoms with Gasteiger partial charge in [0.1, 0.15) is 0 Å². The highest BCUT2D eigenvalue weighted by atomic mass is 32.2. The number of nitrogens with zero attached hydrogens (tertiary/aromatic N) is 1. The molecule has 1 fully saturated rings. The summed E-state index contributed by atoms with van der Waals surface area (Å²) in [4.78, 5) is 4.29. The van der Waals surface area contributed by atoms with Crippen LogP contribution in [0.2, 0.25) is 0 Å². The second-order valence-corrected chi connectivity index (χ2v) is 6.45. The molecule has 1 aromatic heterocycles. The first-order valence-corrected chi connectivity index (χ1v) is 7.71. The minimum absolute atomic E-state index is 0.324. The van der Waals surface area contributed by atoms with Gasteiger partial charge in [0.05, 0.1) is 12.3 Å². The van der Waals surface area contributed by atoms with Gasteiger partial charge in [-0.1, -0.05) is 13.8 Å². The molecule has 0 saturated carbocycles. The van der Waals surface area contributed by atoms with Crippen LogP contribution < -0.4 is 10.1 Å². The molecule has 1 unspecified atom stereocenters. The van der Waals surface area contributed by atoms with Crippen molar-refractivity contribution in [2.24, 2.45) is 5.41 Å². The van der Waals surface area contributed by atoms with E-state index in [1.807, 2.05) is 30.8 Å². The van der Waals surface area contributed by atoms with Gasteiger partial charge in [-0.15, -0.1) is 0 Å². The number of aromatic nitrogens is 1. The third-order valence-electron chi connectivity index (χ3n) is 3.50. The van der Waals surface area contributed by atoms with Gasteiger partial charge in [0, 0.05) is 18.0 Å². The van der Waals surface area contributed by atoms with Crippen molar-refractivity contribution >= 4 is 17.4 Å². The third-order valence-corrected chi connectivity index (χ3v) is 4.56. The first-order chi connectivity index (χ1) is 8.63. The van der Waals surface area contributed by atoms with Gasteiger partial charge in [-0.3, -0.25) is 0 Å². The van der Waals surface area contributed by atoms with E-state index in [0.29, 0.717) is 23.9 Å². The van der Waals surface area contributed by atoms with Crippen LogP contribution in [0.15, 0.2) is 18.3 Å². The van der Waals surface area contributed by atoms with Crippen LogP contribution in [0, 0.1) is 5.41 Å². The number of rotatable bonds is 4. The first-order valence-electron chi connectivity index (χ1n) is 6.55. The molecule has 0 aromatic carbocycles. The molecule has 1 aliphatic heterocycles. The van der Waals surface area contributed by atoms with E-state index in [1.54, 1.807) is 6.20 Å². The molecule has 1 atom stereocenters. The Morgan fingerprint density at radius 2 is 2.39 bits per heavy atom. The smallest absolute Gasteiger partial charge is 0.237 e. The fourth-order valence-corrected chi connectivity index (χ4v) is 3.72. The molecule has 1 aliphatic rings. The van der Waals surface area contributed by atoms with Crippen molar-refractivity contribution in [1.29, 1.82) is 0 Å². The molecule has 18 heavy (non-hydrogen) atoms. The highest BCUT2D eigenvalue weighted by Crippen LogP contribution is 2.37. The van der Waals surface area contributed by atoms with Crippen molar-refractivity contribution in [3.8, 4) is 5.88 Å². The average molecular weight is 266 g/mol. The molecule has 0 aliphatic carbocycles. The van der Waals surface area contributed by atoms with Crippen LogP contribution in [0.1, 0.15) is 27.2 Å². The molecule has 0 radical (unpaired) electrons. The third kappa shape index (κ3) is 3.10. The zero-order valence-corrected chi connectivity index (χ0v) is 12.2. The fraction of sp³-hybridized carbons (Fsp3) is 0.643. The van der Waals surface area contributed by atoms with E-state index in [4.69, 9.17) is 4.74 Å². The second kappa shape index (κ2) is 5.83. The molecular weight excluding hydrogens is 244 g/mol. The zero-order chi connectivity index (χ0) is 13.0. The maximum absolute atomic E-state index is 5.57. The normalized spacial score (nSPS) is 22.5. The maximum Gasteiger partial charge on any atom is 0.237 e. The topological polar surface area (TPSA) is 34.1 Å². The van der Waals surface area contributed by atoms with E-state index in [1.165, 1.54) is 12.2 Å². The number of ether oxygens (including phenoxy) is 1. The number of hydrogen-bond acceptors (Lipinski definition) is 4. The Hall–Kier alpha value is -0.900. The van der Waals surface area contributed by atoms with Crippen LogP contribution in [-0.2, 0) is 0 Å². The Morgan fingerprint density at radius 1 is 1.56 bits per heavy atom. The molecule has 1 saturated heterocycles. The van der Waals surface area contributed by atoms with Gasteiger partial charge in [0.2, 0.25) is 5.88 Å². The minimum atomic E-state index is 0.324. The molecule has 4 heteroatoms. The van der Waals surface area contributed by atoms with Gasteiger partial charge in [-0.2, -0.15) is 11.8 Å². The number of thioether (sulfide) groups is 1. The summed E-state index contributed by atoms with van der Waals surface area (Å²) in [6, 6.07) is 4.47. The summed E-state index contributed by atoms with van der Waals surface area (Å²) < 4.78 is 5.57. The zero-order valence-electron chi connectivity index (χ0n) is 11.4. The predicted octanol–water partition coefficient (Wildman–Crippen LogP) is 3.42. The Balaban J connectivity index is 2.12. The highest BCUT2D eigenvalue weighted by molar-refractivity contribution is 7.99. The standard InChI is InChI=1S/C14H22N2OS/c1-4-17-13-11(6-5-8-15-13)16-12-10-18-9-7-14(12,2)3/h5-6,8,12,16H,4,7,9-10H2,1-3H3. The van der Waals surface area contributed by atoms with Gasteiger partial charge in [0.25, 0.3) is 0 Å². The summed E-state index contributed by atoms with van der Waals surface area (Å²) in [7, 11) is 0. The van der Waals surface area contributed by atoms with Crippen LogP contribution in [-0.4, -0.2) is 29.1 Å². The van der Waals surface area contributed by atoms with Crippen LogP contribution in [0.5, 0.6) is 5.88 Å². The van der Waals surface area contributed by atoms with Gasteiger partial charge >= 0.3 is 0 Å². The quantitative estimate of drug-likeness (QED) is 0.905. The lowest BCUT2D eigenvalue weighted by Crippen LogP contribution is -2.41. The van der Waals surface area contributed by atoms with Crippen molar-refractivity contribution in [2.75, 3.05) is 23.4 Å². The van der Waals surface area contributed by atoms with E-state index in [2.05, 4.69) is 24.1 Å². The highest BCUT2D eigenvalue weighted by Gasteiger charge is 2.33. The number of anilines is 1. The lowest BCUT2D eigenvalue weighted by atomic mass is 9.82. The monoisotopic (exact) mass is 266 g/mol. The predicted molar refractivity (Wildman–Crippen MR) is 78.5 cm³/mol. The average Bonchev–Trinajstić information content (AvgIpc) is 2.34. The summed E-state index contributed by atoms with van der Waals surface area (Å²) >= 11 is 2.02. The number of nitrogens with one attached hydrogen (secondary N) is 1. The van der Waals surface area contributed by atoms with Crippen molar-refractivity contribution in [2.45, 2.75) is 33.2 Å². The summed E-state index contributed by atoms with van der Waals surface area (Å²) in [6.07, 6.45) is 3.02. The Kier molecular flexibility index (Phi) is 4.38. The SMILES string of the molecule is CCOc1ncccc1NC1CSCCC1(C)C. The van der Waals surface area contributed by atoms with E-state index in [-0.39, 0.29) is 0 Å². The van der Waals surface area contributed by atoms with E-state index < -0.39 is 0 Å². The van der Waals surface area contributed by atoms with Crippen LogP contribution in [0.4, 0.5) is 5.69 Å².